The van der Waals surface area contributed by atoms with E-state index in [9.17, 15) is 4.79 Å². The van der Waals surface area contributed by atoms with Gasteiger partial charge >= 0.3 is 0 Å². The van der Waals surface area contributed by atoms with E-state index in [1.807, 2.05) is 24.4 Å². The molecule has 2 fully saturated rings. The molecular weight excluding hydrogens is 412 g/mol. The lowest BCUT2D eigenvalue weighted by molar-refractivity contribution is 0.102. The molecule has 2 aliphatic rings. The number of aromatic nitrogens is 3. The third kappa shape index (κ3) is 4.67. The van der Waals surface area contributed by atoms with Crippen molar-refractivity contribution in [2.75, 3.05) is 41.3 Å². The van der Waals surface area contributed by atoms with Crippen molar-refractivity contribution in [1.29, 1.82) is 0 Å². The van der Waals surface area contributed by atoms with Crippen LogP contribution in [0.2, 0.25) is 0 Å². The smallest absolute Gasteiger partial charge is 0.257 e. The number of pyridine rings is 1. The van der Waals surface area contributed by atoms with Crippen LogP contribution in [0.5, 0.6) is 0 Å². The molecule has 0 atom stereocenters. The first-order chi connectivity index (χ1) is 16.1. The van der Waals surface area contributed by atoms with Crippen LogP contribution in [0, 0.1) is 0 Å². The zero-order valence-electron chi connectivity index (χ0n) is 19.2. The molecule has 170 valence electrons. The summed E-state index contributed by atoms with van der Waals surface area (Å²) in [6.07, 6.45) is 9.25. The minimum atomic E-state index is -0.0817. The number of anilines is 3. The molecule has 3 aromatic rings. The minimum Gasteiger partial charge on any atom is -0.366 e. The van der Waals surface area contributed by atoms with Crippen LogP contribution in [0.25, 0.3) is 0 Å². The summed E-state index contributed by atoms with van der Waals surface area (Å²) in [5.41, 5.74) is 4.80. The van der Waals surface area contributed by atoms with Gasteiger partial charge in [-0.05, 0) is 48.6 Å². The van der Waals surface area contributed by atoms with Gasteiger partial charge in [0.2, 0.25) is 0 Å². The standard InChI is InChI=1S/C26H30N6O/c1-18(2)20-7-8-22(30-26(33)21-4-3-9-29-25(21)19-5-6-19)23(16-20)31-12-14-32(15-13-31)24-17-27-10-11-28-24/h3-4,7-11,16-19H,5-6,12-15H2,1-2H3,(H,30,33). The number of carbonyl (C=O) groups is 1. The highest BCUT2D eigenvalue weighted by molar-refractivity contribution is 6.06. The lowest BCUT2D eigenvalue weighted by Gasteiger charge is -2.37. The van der Waals surface area contributed by atoms with Crippen molar-refractivity contribution >= 4 is 23.1 Å². The van der Waals surface area contributed by atoms with Gasteiger partial charge in [-0.3, -0.25) is 14.8 Å². The van der Waals surface area contributed by atoms with E-state index >= 15 is 0 Å². The van der Waals surface area contributed by atoms with E-state index in [1.165, 1.54) is 5.56 Å². The van der Waals surface area contributed by atoms with E-state index < -0.39 is 0 Å². The van der Waals surface area contributed by atoms with Crippen LogP contribution in [-0.4, -0.2) is 47.0 Å². The van der Waals surface area contributed by atoms with Crippen LogP contribution in [0.3, 0.4) is 0 Å². The Morgan fingerprint density at radius 3 is 2.48 bits per heavy atom. The fraction of sp³-hybridized carbons (Fsp3) is 0.385. The van der Waals surface area contributed by atoms with Gasteiger partial charge in [0.15, 0.2) is 0 Å². The van der Waals surface area contributed by atoms with E-state index in [0.717, 1.165) is 61.9 Å². The average molecular weight is 443 g/mol. The van der Waals surface area contributed by atoms with Crippen LogP contribution in [0.1, 0.15) is 60.1 Å². The molecule has 1 amide bonds. The molecule has 0 bridgehead atoms. The van der Waals surface area contributed by atoms with Crippen LogP contribution in [0.15, 0.2) is 55.1 Å². The third-order valence-electron chi connectivity index (χ3n) is 6.48. The summed E-state index contributed by atoms with van der Waals surface area (Å²) < 4.78 is 0. The van der Waals surface area contributed by atoms with Crippen LogP contribution < -0.4 is 15.1 Å². The molecule has 0 unspecified atom stereocenters. The van der Waals surface area contributed by atoms with Crippen LogP contribution in [0.4, 0.5) is 17.2 Å². The first-order valence-corrected chi connectivity index (χ1v) is 11.8. The molecule has 5 rings (SSSR count). The highest BCUT2D eigenvalue weighted by atomic mass is 16.1. The summed E-state index contributed by atoms with van der Waals surface area (Å²) in [6, 6.07) is 10.1. The molecule has 3 heterocycles. The second-order valence-corrected chi connectivity index (χ2v) is 9.13. The van der Waals surface area contributed by atoms with Crippen molar-refractivity contribution in [2.45, 2.75) is 38.5 Å². The number of rotatable bonds is 6. The van der Waals surface area contributed by atoms with E-state index in [1.54, 1.807) is 18.6 Å². The fourth-order valence-electron chi connectivity index (χ4n) is 4.39. The lowest BCUT2D eigenvalue weighted by Crippen LogP contribution is -2.47. The molecule has 7 heteroatoms. The number of hydrogen-bond donors (Lipinski definition) is 1. The van der Waals surface area contributed by atoms with Gasteiger partial charge < -0.3 is 15.1 Å². The van der Waals surface area contributed by atoms with E-state index in [4.69, 9.17) is 0 Å². The Balaban J connectivity index is 1.38. The SMILES string of the molecule is CC(C)c1ccc(NC(=O)c2cccnc2C2CC2)c(N2CCN(c3cnccn3)CC2)c1. The van der Waals surface area contributed by atoms with Crippen LogP contribution in [-0.2, 0) is 0 Å². The Bertz CT molecular complexity index is 1120. The number of benzene rings is 1. The van der Waals surface area contributed by atoms with Crippen molar-refractivity contribution in [3.63, 3.8) is 0 Å². The van der Waals surface area contributed by atoms with Gasteiger partial charge in [-0.25, -0.2) is 4.98 Å². The fourth-order valence-corrected chi connectivity index (χ4v) is 4.39. The van der Waals surface area contributed by atoms with Crippen LogP contribution >= 0.6 is 0 Å². The van der Waals surface area contributed by atoms with E-state index in [2.05, 4.69) is 56.0 Å². The molecule has 1 aromatic carbocycles. The quantitative estimate of drug-likeness (QED) is 0.608. The van der Waals surface area contributed by atoms with Gasteiger partial charge in [-0.15, -0.1) is 0 Å². The maximum absolute atomic E-state index is 13.3. The number of nitrogens with one attached hydrogen (secondary N) is 1. The van der Waals surface area contributed by atoms with Crippen molar-refractivity contribution in [1.82, 2.24) is 15.0 Å². The van der Waals surface area contributed by atoms with Gasteiger partial charge in [-0.1, -0.05) is 19.9 Å². The van der Waals surface area contributed by atoms with Crippen molar-refractivity contribution in [3.8, 4) is 0 Å². The molecule has 0 radical (unpaired) electrons. The number of amides is 1. The third-order valence-corrected chi connectivity index (χ3v) is 6.48. The second-order valence-electron chi connectivity index (χ2n) is 9.13. The molecule has 1 aliphatic heterocycles. The summed E-state index contributed by atoms with van der Waals surface area (Å²) in [6.45, 7) is 7.79. The van der Waals surface area contributed by atoms with Crippen molar-refractivity contribution in [3.05, 3.63) is 71.9 Å². The number of hydrogen-bond acceptors (Lipinski definition) is 6. The molecule has 33 heavy (non-hydrogen) atoms. The average Bonchev–Trinajstić information content (AvgIpc) is 3.70. The van der Waals surface area contributed by atoms with E-state index in [0.29, 0.717) is 17.4 Å². The highest BCUT2D eigenvalue weighted by Crippen LogP contribution is 2.40. The van der Waals surface area contributed by atoms with E-state index in [-0.39, 0.29) is 5.91 Å². The molecule has 1 aliphatic carbocycles. The molecule has 1 saturated carbocycles. The summed E-state index contributed by atoms with van der Waals surface area (Å²) in [4.78, 5) is 31.0. The Morgan fingerprint density at radius 2 is 1.79 bits per heavy atom. The number of nitrogens with zero attached hydrogens (tertiary/aromatic N) is 5. The molecule has 2 aromatic heterocycles. The molecule has 1 N–H and O–H groups in total. The Hall–Kier alpha value is -3.48. The summed E-state index contributed by atoms with van der Waals surface area (Å²) in [7, 11) is 0. The van der Waals surface area contributed by atoms with Gasteiger partial charge in [0.1, 0.15) is 5.82 Å². The normalized spacial score (nSPS) is 16.2. The van der Waals surface area contributed by atoms with Crippen molar-refractivity contribution in [2.24, 2.45) is 0 Å². The number of carbonyl (C=O) groups excluding carboxylic acids is 1. The topological polar surface area (TPSA) is 74.2 Å². The molecule has 0 spiro atoms. The predicted octanol–water partition coefficient (Wildman–Crippen LogP) is 4.45. The predicted molar refractivity (Wildman–Crippen MR) is 131 cm³/mol. The first kappa shape index (κ1) is 21.4. The monoisotopic (exact) mass is 442 g/mol. The minimum absolute atomic E-state index is 0.0817. The summed E-state index contributed by atoms with van der Waals surface area (Å²) in [5.74, 6) is 1.66. The molecule has 1 saturated heterocycles. The van der Waals surface area contributed by atoms with Gasteiger partial charge in [-0.2, -0.15) is 0 Å². The molecule has 7 nitrogen and oxygen atoms in total. The maximum atomic E-state index is 13.3. The lowest BCUT2D eigenvalue weighted by atomic mass is 10.0. The summed E-state index contributed by atoms with van der Waals surface area (Å²) >= 11 is 0. The Kier molecular flexibility index (Phi) is 5.94. The molecular formula is C26H30N6O. The van der Waals surface area contributed by atoms with Gasteiger partial charge in [0.25, 0.3) is 5.91 Å². The Labute approximate surface area is 194 Å². The zero-order chi connectivity index (χ0) is 22.8. The van der Waals surface area contributed by atoms with Gasteiger partial charge in [0, 0.05) is 50.7 Å². The summed E-state index contributed by atoms with van der Waals surface area (Å²) in [5, 5.41) is 3.20. The van der Waals surface area contributed by atoms with Gasteiger partial charge in [0.05, 0.1) is 28.8 Å². The van der Waals surface area contributed by atoms with Crippen molar-refractivity contribution < 1.29 is 4.79 Å². The maximum Gasteiger partial charge on any atom is 0.257 e. The number of piperazine rings is 1. The zero-order valence-corrected chi connectivity index (χ0v) is 19.2. The Morgan fingerprint density at radius 1 is 1.00 bits per heavy atom. The highest BCUT2D eigenvalue weighted by Gasteiger charge is 2.30. The second kappa shape index (κ2) is 9.17. The largest absolute Gasteiger partial charge is 0.366 e. The first-order valence-electron chi connectivity index (χ1n) is 11.8.